The first-order valence-corrected chi connectivity index (χ1v) is 7.76. The van der Waals surface area contributed by atoms with Crippen molar-refractivity contribution in [2.75, 3.05) is 7.11 Å². The molecule has 5 nitrogen and oxygen atoms in total. The Kier molecular flexibility index (Phi) is 4.52. The van der Waals surface area contributed by atoms with Gasteiger partial charge in [0.2, 0.25) is 0 Å². The maximum absolute atomic E-state index is 13.5. The Morgan fingerprint density at radius 2 is 1.92 bits per heavy atom. The molecule has 0 saturated heterocycles. The summed E-state index contributed by atoms with van der Waals surface area (Å²) in [5, 5.41) is 3.81. The van der Waals surface area contributed by atoms with Gasteiger partial charge in [0.25, 0.3) is 11.5 Å². The molecule has 1 amide bonds. The number of amides is 1. The summed E-state index contributed by atoms with van der Waals surface area (Å²) in [5.41, 5.74) is 0.619. The second-order valence-electron chi connectivity index (χ2n) is 5.66. The lowest BCUT2D eigenvalue weighted by Gasteiger charge is -2.18. The highest BCUT2D eigenvalue weighted by molar-refractivity contribution is 6.06. The van der Waals surface area contributed by atoms with Crippen LogP contribution in [0.3, 0.4) is 0 Å². The van der Waals surface area contributed by atoms with Crippen molar-refractivity contribution in [1.82, 2.24) is 10.3 Å². The number of hydrogen-bond donors (Lipinski definition) is 2. The van der Waals surface area contributed by atoms with Crippen LogP contribution in [0.1, 0.15) is 28.9 Å². The number of carbonyl (C=O) groups is 1. The van der Waals surface area contributed by atoms with Crippen LogP contribution in [0.15, 0.2) is 53.5 Å². The molecule has 0 fully saturated rings. The Labute approximate surface area is 143 Å². The van der Waals surface area contributed by atoms with Gasteiger partial charge in [-0.05, 0) is 31.2 Å². The maximum Gasteiger partial charge on any atom is 0.255 e. The Hall–Kier alpha value is -3.15. The van der Waals surface area contributed by atoms with Gasteiger partial charge in [-0.3, -0.25) is 9.59 Å². The number of aromatic amines is 1. The van der Waals surface area contributed by atoms with Crippen LogP contribution in [0.2, 0.25) is 0 Å². The predicted octanol–water partition coefficient (Wildman–Crippen LogP) is 3.17. The van der Waals surface area contributed by atoms with E-state index in [2.05, 4.69) is 10.3 Å². The molecule has 1 aromatic heterocycles. The average Bonchev–Trinajstić information content (AvgIpc) is 2.62. The Bertz CT molecular complexity index is 997. The Morgan fingerprint density at radius 3 is 2.64 bits per heavy atom. The second-order valence-corrected chi connectivity index (χ2v) is 5.66. The number of nitrogens with one attached hydrogen (secondary N) is 2. The van der Waals surface area contributed by atoms with Crippen LogP contribution < -0.4 is 15.6 Å². The van der Waals surface area contributed by atoms with Crippen molar-refractivity contribution in [1.29, 1.82) is 0 Å². The number of fused-ring (bicyclic) bond motifs is 1. The number of methoxy groups -OCH3 is 1. The lowest BCUT2D eigenvalue weighted by atomic mass is 10.0. The summed E-state index contributed by atoms with van der Waals surface area (Å²) >= 11 is 0. The number of benzene rings is 2. The largest absolute Gasteiger partial charge is 0.496 e. The van der Waals surface area contributed by atoms with Crippen LogP contribution in [-0.4, -0.2) is 18.0 Å². The van der Waals surface area contributed by atoms with Gasteiger partial charge in [-0.25, -0.2) is 4.39 Å². The van der Waals surface area contributed by atoms with Gasteiger partial charge in [-0.1, -0.05) is 18.2 Å². The highest BCUT2D eigenvalue weighted by Gasteiger charge is 2.18. The van der Waals surface area contributed by atoms with Crippen LogP contribution in [0.25, 0.3) is 10.8 Å². The van der Waals surface area contributed by atoms with E-state index >= 15 is 0 Å². The summed E-state index contributed by atoms with van der Waals surface area (Å²) < 4.78 is 18.8. The van der Waals surface area contributed by atoms with Gasteiger partial charge in [0, 0.05) is 22.5 Å². The van der Waals surface area contributed by atoms with Crippen molar-refractivity contribution >= 4 is 16.7 Å². The normalized spacial score (nSPS) is 12.0. The molecule has 1 unspecified atom stereocenters. The van der Waals surface area contributed by atoms with E-state index in [0.717, 1.165) is 0 Å². The van der Waals surface area contributed by atoms with Gasteiger partial charge >= 0.3 is 0 Å². The van der Waals surface area contributed by atoms with Gasteiger partial charge in [0.05, 0.1) is 18.7 Å². The third-order valence-electron chi connectivity index (χ3n) is 4.06. The maximum atomic E-state index is 13.5. The number of H-pyrrole nitrogens is 1. The van der Waals surface area contributed by atoms with E-state index in [1.54, 1.807) is 31.2 Å². The van der Waals surface area contributed by atoms with Crippen LogP contribution in [0.5, 0.6) is 5.75 Å². The number of pyridine rings is 1. The van der Waals surface area contributed by atoms with E-state index < -0.39 is 11.9 Å². The van der Waals surface area contributed by atoms with Crippen molar-refractivity contribution in [3.05, 3.63) is 76.0 Å². The minimum atomic E-state index is -0.483. The molecule has 0 bridgehead atoms. The Morgan fingerprint density at radius 1 is 1.20 bits per heavy atom. The fourth-order valence-corrected chi connectivity index (χ4v) is 2.79. The van der Waals surface area contributed by atoms with Crippen LogP contribution in [0.4, 0.5) is 4.39 Å². The summed E-state index contributed by atoms with van der Waals surface area (Å²) in [6.07, 6.45) is 1.38. The summed E-state index contributed by atoms with van der Waals surface area (Å²) in [5.74, 6) is -0.293. The van der Waals surface area contributed by atoms with Crippen molar-refractivity contribution in [2.24, 2.45) is 0 Å². The zero-order valence-corrected chi connectivity index (χ0v) is 13.8. The quantitative estimate of drug-likeness (QED) is 0.766. The summed E-state index contributed by atoms with van der Waals surface area (Å²) in [7, 11) is 1.49. The number of halogens is 1. The van der Waals surface area contributed by atoms with Gasteiger partial charge in [0.1, 0.15) is 11.6 Å². The van der Waals surface area contributed by atoms with E-state index in [1.165, 1.54) is 31.5 Å². The average molecular weight is 340 g/mol. The molecule has 0 aliphatic carbocycles. The van der Waals surface area contributed by atoms with Crippen LogP contribution in [-0.2, 0) is 0 Å². The number of ether oxygens (including phenoxy) is 1. The zero-order valence-electron chi connectivity index (χ0n) is 13.8. The van der Waals surface area contributed by atoms with Crippen LogP contribution in [0, 0.1) is 5.82 Å². The third kappa shape index (κ3) is 3.24. The zero-order chi connectivity index (χ0) is 18.0. The molecule has 0 aliphatic rings. The standard InChI is InChI=1S/C19H17FN2O3/c1-11(15-9-12(20)7-8-17(15)25-2)22-19(24)16-10-21-18(23)14-6-4-3-5-13(14)16/h3-11H,1-2H3,(H,21,23)(H,22,24). The molecule has 1 atom stereocenters. The minimum Gasteiger partial charge on any atom is -0.496 e. The summed E-state index contributed by atoms with van der Waals surface area (Å²) in [4.78, 5) is 27.1. The fourth-order valence-electron chi connectivity index (χ4n) is 2.79. The molecule has 2 N–H and O–H groups in total. The number of hydrogen-bond acceptors (Lipinski definition) is 3. The van der Waals surface area contributed by atoms with E-state index in [1.807, 2.05) is 0 Å². The third-order valence-corrected chi connectivity index (χ3v) is 4.06. The monoisotopic (exact) mass is 340 g/mol. The number of rotatable bonds is 4. The lowest BCUT2D eigenvalue weighted by Crippen LogP contribution is -2.28. The summed E-state index contributed by atoms with van der Waals surface area (Å²) in [6.45, 7) is 1.74. The molecule has 6 heteroatoms. The van der Waals surface area contributed by atoms with Gasteiger partial charge in [-0.2, -0.15) is 0 Å². The fraction of sp³-hybridized carbons (Fsp3) is 0.158. The SMILES string of the molecule is COc1ccc(F)cc1C(C)NC(=O)c1c[nH]c(=O)c2ccccc12. The number of carbonyl (C=O) groups excluding carboxylic acids is 1. The molecule has 0 radical (unpaired) electrons. The summed E-state index contributed by atoms with van der Waals surface area (Å²) in [6, 6.07) is 10.5. The second kappa shape index (κ2) is 6.76. The first-order valence-electron chi connectivity index (χ1n) is 7.76. The highest BCUT2D eigenvalue weighted by Crippen LogP contribution is 2.26. The molecule has 0 aliphatic heterocycles. The van der Waals surface area contributed by atoms with Crippen LogP contribution >= 0.6 is 0 Å². The van der Waals surface area contributed by atoms with Gasteiger partial charge in [-0.15, -0.1) is 0 Å². The molecule has 25 heavy (non-hydrogen) atoms. The molecule has 128 valence electrons. The molecule has 2 aromatic carbocycles. The van der Waals surface area contributed by atoms with Crippen molar-refractivity contribution in [2.45, 2.75) is 13.0 Å². The molecule has 0 saturated carbocycles. The van der Waals surface area contributed by atoms with Gasteiger partial charge in [0.15, 0.2) is 0 Å². The van der Waals surface area contributed by atoms with E-state index in [0.29, 0.717) is 27.6 Å². The molecule has 3 aromatic rings. The Balaban J connectivity index is 1.94. The first kappa shape index (κ1) is 16.7. The van der Waals surface area contributed by atoms with E-state index in [4.69, 9.17) is 4.74 Å². The van der Waals surface area contributed by atoms with Gasteiger partial charge < -0.3 is 15.0 Å². The van der Waals surface area contributed by atoms with Crippen molar-refractivity contribution in [3.8, 4) is 5.75 Å². The van der Waals surface area contributed by atoms with Crippen molar-refractivity contribution < 1.29 is 13.9 Å². The predicted molar refractivity (Wildman–Crippen MR) is 93.4 cm³/mol. The molecule has 3 rings (SSSR count). The molecule has 0 spiro atoms. The minimum absolute atomic E-state index is 0.257. The molecular formula is C19H17FN2O3. The lowest BCUT2D eigenvalue weighted by molar-refractivity contribution is 0.0940. The molecule has 1 heterocycles. The highest BCUT2D eigenvalue weighted by atomic mass is 19.1. The smallest absolute Gasteiger partial charge is 0.255 e. The van der Waals surface area contributed by atoms with E-state index in [9.17, 15) is 14.0 Å². The first-order chi connectivity index (χ1) is 12.0. The molecular weight excluding hydrogens is 323 g/mol. The number of aromatic nitrogens is 1. The topological polar surface area (TPSA) is 71.2 Å². The van der Waals surface area contributed by atoms with Crippen molar-refractivity contribution in [3.63, 3.8) is 0 Å². The van der Waals surface area contributed by atoms with E-state index in [-0.39, 0.29) is 11.5 Å².